The predicted octanol–water partition coefficient (Wildman–Crippen LogP) is 4.56. The van der Waals surface area contributed by atoms with Crippen molar-refractivity contribution in [1.29, 1.82) is 0 Å². The first-order valence-corrected chi connectivity index (χ1v) is 8.87. The van der Waals surface area contributed by atoms with Gasteiger partial charge in [0.25, 0.3) is 5.56 Å². The molecule has 2 aromatic heterocycles. The Hall–Kier alpha value is -2.74. The van der Waals surface area contributed by atoms with E-state index in [1.165, 1.54) is 10.6 Å². The fourth-order valence-electron chi connectivity index (χ4n) is 2.73. The van der Waals surface area contributed by atoms with Crippen molar-refractivity contribution in [3.8, 4) is 11.6 Å². The van der Waals surface area contributed by atoms with E-state index in [4.69, 9.17) is 35.4 Å². The molecular weight excluding hydrogens is 407 g/mol. The van der Waals surface area contributed by atoms with Crippen molar-refractivity contribution in [2.24, 2.45) is 4.99 Å². The highest BCUT2D eigenvalue weighted by molar-refractivity contribution is 7.71. The third-order valence-electron chi connectivity index (χ3n) is 4.01. The fourth-order valence-corrected chi connectivity index (χ4v) is 3.31. The number of H-pyrrole nitrogens is 1. The summed E-state index contributed by atoms with van der Waals surface area (Å²) >= 11 is 17.2. The zero-order chi connectivity index (χ0) is 19.1. The van der Waals surface area contributed by atoms with Gasteiger partial charge >= 0.3 is 0 Å². The highest BCUT2D eigenvalue weighted by atomic mass is 35.5. The van der Waals surface area contributed by atoms with Gasteiger partial charge in [0.1, 0.15) is 5.56 Å². The first kappa shape index (κ1) is 17.7. The highest BCUT2D eigenvalue weighted by Crippen LogP contribution is 2.32. The van der Waals surface area contributed by atoms with Gasteiger partial charge in [0.05, 0.1) is 15.7 Å². The van der Waals surface area contributed by atoms with Gasteiger partial charge in [-0.05, 0) is 48.6 Å². The lowest BCUT2D eigenvalue weighted by molar-refractivity contribution is 0.432. The van der Waals surface area contributed by atoms with E-state index in [1.807, 2.05) is 6.07 Å². The Balaban J connectivity index is 1.92. The Labute approximate surface area is 168 Å². The first-order valence-electron chi connectivity index (χ1n) is 7.70. The van der Waals surface area contributed by atoms with Crippen LogP contribution in [0.1, 0.15) is 11.1 Å². The smallest absolute Gasteiger partial charge is 0.262 e. The number of pyridine rings is 1. The Morgan fingerprint density at radius 3 is 2.81 bits per heavy atom. The summed E-state index contributed by atoms with van der Waals surface area (Å²) in [5.74, 6) is 0.234. The quantitative estimate of drug-likeness (QED) is 0.599. The number of hydrogen-bond donors (Lipinski definition) is 2. The molecule has 4 rings (SSSR count). The standard InChI is InChI=1S/C18H10Cl2N4O2S/c19-13-4-3-10(7-14(13)20)24-17(26)12(16(25)23-18(24)27)6-9-8-22-15-11(9)2-1-5-21-15/h1-8,26H,(H,23,25,27)/b9-6-. The molecule has 0 saturated carbocycles. The number of nitrogens with one attached hydrogen (secondary N) is 1. The second kappa shape index (κ2) is 6.77. The molecular formula is C18H10Cl2N4O2S. The van der Waals surface area contributed by atoms with Crippen LogP contribution in [0, 0.1) is 4.77 Å². The average Bonchev–Trinajstić information content (AvgIpc) is 3.04. The molecule has 3 heterocycles. The molecule has 0 aliphatic carbocycles. The summed E-state index contributed by atoms with van der Waals surface area (Å²) in [6.07, 6.45) is 4.75. The van der Waals surface area contributed by atoms with Crippen LogP contribution in [-0.2, 0) is 0 Å². The van der Waals surface area contributed by atoms with Crippen LogP contribution < -0.4 is 5.56 Å². The van der Waals surface area contributed by atoms with Gasteiger partial charge in [-0.25, -0.2) is 9.98 Å². The second-order valence-corrected chi connectivity index (χ2v) is 6.86. The lowest BCUT2D eigenvalue weighted by Gasteiger charge is -2.12. The van der Waals surface area contributed by atoms with Crippen molar-refractivity contribution in [1.82, 2.24) is 14.5 Å². The fraction of sp³-hybridized carbons (Fsp3) is 0. The predicted molar refractivity (Wildman–Crippen MR) is 109 cm³/mol. The van der Waals surface area contributed by atoms with E-state index in [0.29, 0.717) is 27.1 Å². The first-order chi connectivity index (χ1) is 13.0. The maximum atomic E-state index is 12.4. The van der Waals surface area contributed by atoms with Gasteiger partial charge in [0.15, 0.2) is 10.6 Å². The van der Waals surface area contributed by atoms with Gasteiger partial charge in [-0.1, -0.05) is 23.2 Å². The molecule has 0 radical (unpaired) electrons. The molecule has 1 aliphatic rings. The third kappa shape index (κ3) is 3.10. The number of aromatic nitrogens is 3. The number of aliphatic imine (C=N–C) groups is 1. The van der Waals surface area contributed by atoms with Gasteiger partial charge in [-0.2, -0.15) is 0 Å². The van der Waals surface area contributed by atoms with E-state index in [1.54, 1.807) is 36.7 Å². The summed E-state index contributed by atoms with van der Waals surface area (Å²) in [5.41, 5.74) is 1.39. The molecule has 27 heavy (non-hydrogen) atoms. The van der Waals surface area contributed by atoms with Gasteiger partial charge < -0.3 is 5.11 Å². The number of fused-ring (bicyclic) bond motifs is 1. The van der Waals surface area contributed by atoms with Crippen LogP contribution in [0.15, 0.2) is 46.3 Å². The monoisotopic (exact) mass is 416 g/mol. The van der Waals surface area contributed by atoms with Crippen molar-refractivity contribution in [2.45, 2.75) is 0 Å². The molecule has 0 amide bonds. The molecule has 2 N–H and O–H groups in total. The van der Waals surface area contributed by atoms with Crippen molar-refractivity contribution in [3.63, 3.8) is 0 Å². The van der Waals surface area contributed by atoms with Crippen molar-refractivity contribution in [2.75, 3.05) is 0 Å². The van der Waals surface area contributed by atoms with Crippen molar-refractivity contribution >= 4 is 59.1 Å². The minimum absolute atomic E-state index is 0.0280. The Morgan fingerprint density at radius 1 is 1.22 bits per heavy atom. The summed E-state index contributed by atoms with van der Waals surface area (Å²) in [7, 11) is 0. The Kier molecular flexibility index (Phi) is 4.43. The van der Waals surface area contributed by atoms with E-state index in [0.717, 1.165) is 5.56 Å². The van der Waals surface area contributed by atoms with E-state index in [-0.39, 0.29) is 16.2 Å². The van der Waals surface area contributed by atoms with Crippen LogP contribution in [0.5, 0.6) is 5.88 Å². The number of allylic oxidation sites excluding steroid dienone is 1. The molecule has 9 heteroatoms. The second-order valence-electron chi connectivity index (χ2n) is 5.66. The number of rotatable bonds is 2. The zero-order valence-electron chi connectivity index (χ0n) is 13.5. The van der Waals surface area contributed by atoms with E-state index >= 15 is 0 Å². The maximum absolute atomic E-state index is 12.4. The summed E-state index contributed by atoms with van der Waals surface area (Å²) in [6.45, 7) is 0. The van der Waals surface area contributed by atoms with Crippen LogP contribution in [-0.4, -0.2) is 25.9 Å². The summed E-state index contributed by atoms with van der Waals surface area (Å²) in [6, 6.07) is 8.36. The normalized spacial score (nSPS) is 13.9. The van der Waals surface area contributed by atoms with E-state index in [2.05, 4.69) is 15.0 Å². The molecule has 1 aromatic carbocycles. The zero-order valence-corrected chi connectivity index (χ0v) is 15.8. The van der Waals surface area contributed by atoms with E-state index in [9.17, 15) is 9.90 Å². The number of aromatic hydroxyl groups is 1. The van der Waals surface area contributed by atoms with Gasteiger partial charge in [0.2, 0.25) is 5.88 Å². The third-order valence-corrected chi connectivity index (χ3v) is 5.03. The summed E-state index contributed by atoms with van der Waals surface area (Å²) < 4.78 is 1.34. The number of nitrogens with zero attached hydrogens (tertiary/aromatic N) is 3. The van der Waals surface area contributed by atoms with Crippen LogP contribution in [0.4, 0.5) is 5.82 Å². The minimum atomic E-state index is -0.521. The van der Waals surface area contributed by atoms with Crippen LogP contribution >= 0.6 is 35.4 Å². The van der Waals surface area contributed by atoms with Gasteiger partial charge in [-0.3, -0.25) is 14.3 Å². The molecule has 0 spiro atoms. The lowest BCUT2D eigenvalue weighted by atomic mass is 10.1. The molecule has 6 nitrogen and oxygen atoms in total. The van der Waals surface area contributed by atoms with Crippen molar-refractivity contribution in [3.05, 3.63) is 72.8 Å². The summed E-state index contributed by atoms with van der Waals surface area (Å²) in [5, 5.41) is 11.4. The Morgan fingerprint density at radius 2 is 2.04 bits per heavy atom. The average molecular weight is 417 g/mol. The molecule has 0 bridgehead atoms. The topological polar surface area (TPSA) is 83.3 Å². The number of halogens is 2. The van der Waals surface area contributed by atoms with E-state index < -0.39 is 5.56 Å². The molecule has 0 atom stereocenters. The maximum Gasteiger partial charge on any atom is 0.262 e. The minimum Gasteiger partial charge on any atom is -0.494 e. The highest BCUT2D eigenvalue weighted by Gasteiger charge is 2.17. The van der Waals surface area contributed by atoms with Gasteiger partial charge in [0, 0.05) is 23.5 Å². The van der Waals surface area contributed by atoms with Crippen LogP contribution in [0.25, 0.3) is 17.3 Å². The molecule has 3 aromatic rings. The molecule has 0 fully saturated rings. The molecule has 134 valence electrons. The number of benzene rings is 1. The lowest BCUT2D eigenvalue weighted by Crippen LogP contribution is -2.16. The Bertz CT molecular complexity index is 1260. The van der Waals surface area contributed by atoms with Crippen LogP contribution in [0.2, 0.25) is 10.0 Å². The molecule has 0 unspecified atom stereocenters. The molecule has 0 saturated heterocycles. The SMILES string of the molecule is O=c1[nH]c(=S)n(-c2ccc(Cl)c(Cl)c2)c(O)c1/C=C1/C=Nc2ncccc21. The number of hydrogen-bond acceptors (Lipinski definition) is 5. The van der Waals surface area contributed by atoms with Gasteiger partial charge in [-0.15, -0.1) is 0 Å². The number of aromatic amines is 1. The summed E-state index contributed by atoms with van der Waals surface area (Å²) in [4.78, 5) is 23.3. The largest absolute Gasteiger partial charge is 0.494 e. The molecule has 1 aliphatic heterocycles. The van der Waals surface area contributed by atoms with Crippen molar-refractivity contribution < 1.29 is 5.11 Å². The van der Waals surface area contributed by atoms with Crippen LogP contribution in [0.3, 0.4) is 0 Å².